The van der Waals surface area contributed by atoms with Crippen LogP contribution in [0.1, 0.15) is 31.1 Å². The van der Waals surface area contributed by atoms with Crippen molar-refractivity contribution in [2.24, 2.45) is 13.0 Å². The fraction of sp³-hybridized carbons (Fsp3) is 0.381. The molecule has 0 aliphatic carbocycles. The maximum absolute atomic E-state index is 13.0. The zero-order valence-corrected chi connectivity index (χ0v) is 19.9. The largest absolute Gasteiger partial charge is 0.384 e. The zero-order chi connectivity index (χ0) is 23.6. The lowest BCUT2D eigenvalue weighted by molar-refractivity contribution is 0.102. The number of nitrogens with two attached hydrogens (primary N) is 1. The third-order valence-corrected chi connectivity index (χ3v) is 6.10. The molecule has 2 heterocycles. The highest BCUT2D eigenvalue weighted by Crippen LogP contribution is 2.25. The summed E-state index contributed by atoms with van der Waals surface area (Å²) in [6, 6.07) is 7.24. The highest BCUT2D eigenvalue weighted by atomic mass is 35.5. The Balaban J connectivity index is 1.90. The standard InChI is InChI=1S/C21H25ClN6O3S/c1-5-27-18(13-6-8-14(22)9-7-13)24-25-20(27)32-11-15(29)16-17(23)28(10-12(2)3)21(31)26(4)19(16)30/h6-9,12H,5,10-11,23H2,1-4H3. The highest BCUT2D eigenvalue weighted by molar-refractivity contribution is 7.99. The van der Waals surface area contributed by atoms with Crippen molar-refractivity contribution < 1.29 is 4.79 Å². The third-order valence-electron chi connectivity index (χ3n) is 4.88. The van der Waals surface area contributed by atoms with Crippen LogP contribution in [0, 0.1) is 5.92 Å². The summed E-state index contributed by atoms with van der Waals surface area (Å²) in [7, 11) is 1.34. The van der Waals surface area contributed by atoms with Crippen LogP contribution < -0.4 is 17.0 Å². The topological polar surface area (TPSA) is 118 Å². The monoisotopic (exact) mass is 476 g/mol. The van der Waals surface area contributed by atoms with Crippen LogP contribution in [0.15, 0.2) is 39.0 Å². The molecule has 3 aromatic rings. The van der Waals surface area contributed by atoms with Gasteiger partial charge in [0.25, 0.3) is 5.56 Å². The Morgan fingerprint density at radius 1 is 1.16 bits per heavy atom. The minimum absolute atomic E-state index is 0.0714. The molecule has 0 saturated carbocycles. The molecule has 0 aliphatic heterocycles. The van der Waals surface area contributed by atoms with Crippen molar-refractivity contribution >= 4 is 35.0 Å². The van der Waals surface area contributed by atoms with Gasteiger partial charge in [-0.3, -0.25) is 18.7 Å². The molecule has 3 rings (SSSR count). The molecule has 2 N–H and O–H groups in total. The Bertz CT molecular complexity index is 1260. The summed E-state index contributed by atoms with van der Waals surface area (Å²) in [4.78, 5) is 38.1. The summed E-state index contributed by atoms with van der Waals surface area (Å²) in [6.07, 6.45) is 0. The number of aromatic nitrogens is 5. The fourth-order valence-corrected chi connectivity index (χ4v) is 4.28. The molecule has 32 heavy (non-hydrogen) atoms. The molecule has 0 aliphatic rings. The van der Waals surface area contributed by atoms with E-state index in [4.69, 9.17) is 17.3 Å². The van der Waals surface area contributed by atoms with Crippen LogP contribution in [0.4, 0.5) is 5.82 Å². The second-order valence-corrected chi connectivity index (χ2v) is 9.06. The van der Waals surface area contributed by atoms with Gasteiger partial charge in [-0.25, -0.2) is 4.79 Å². The maximum atomic E-state index is 13.0. The number of carbonyl (C=O) groups is 1. The van der Waals surface area contributed by atoms with Crippen molar-refractivity contribution in [3.05, 3.63) is 55.7 Å². The minimum Gasteiger partial charge on any atom is -0.384 e. The number of rotatable bonds is 8. The van der Waals surface area contributed by atoms with Crippen molar-refractivity contribution in [3.8, 4) is 11.4 Å². The van der Waals surface area contributed by atoms with E-state index in [2.05, 4.69) is 10.2 Å². The van der Waals surface area contributed by atoms with Crippen LogP contribution in [0.3, 0.4) is 0 Å². The van der Waals surface area contributed by atoms with Gasteiger partial charge in [0.05, 0.1) is 5.75 Å². The second-order valence-electron chi connectivity index (χ2n) is 7.68. The van der Waals surface area contributed by atoms with Gasteiger partial charge >= 0.3 is 5.69 Å². The number of thioether (sulfide) groups is 1. The van der Waals surface area contributed by atoms with E-state index in [0.29, 0.717) is 29.1 Å². The molecule has 9 nitrogen and oxygen atoms in total. The first-order chi connectivity index (χ1) is 15.1. The van der Waals surface area contributed by atoms with Crippen LogP contribution in [0.5, 0.6) is 0 Å². The molecule has 0 amide bonds. The van der Waals surface area contributed by atoms with Crippen LogP contribution in [-0.2, 0) is 20.1 Å². The molecule has 0 radical (unpaired) electrons. The third kappa shape index (κ3) is 4.66. The molecule has 170 valence electrons. The highest BCUT2D eigenvalue weighted by Gasteiger charge is 2.23. The van der Waals surface area contributed by atoms with E-state index in [9.17, 15) is 14.4 Å². The lowest BCUT2D eigenvalue weighted by Gasteiger charge is -2.16. The van der Waals surface area contributed by atoms with Crippen LogP contribution in [0.2, 0.25) is 5.02 Å². The van der Waals surface area contributed by atoms with Gasteiger partial charge in [0.2, 0.25) is 0 Å². The van der Waals surface area contributed by atoms with E-state index >= 15 is 0 Å². The number of hydrogen-bond acceptors (Lipinski definition) is 7. The number of ketones is 1. The van der Waals surface area contributed by atoms with Crippen molar-refractivity contribution in [1.29, 1.82) is 0 Å². The predicted octanol–water partition coefficient (Wildman–Crippen LogP) is 2.69. The number of carbonyl (C=O) groups excluding carboxylic acids is 1. The van der Waals surface area contributed by atoms with E-state index < -0.39 is 17.0 Å². The van der Waals surface area contributed by atoms with Gasteiger partial charge in [-0.2, -0.15) is 0 Å². The molecule has 1 aromatic carbocycles. The Kier molecular flexibility index (Phi) is 7.25. The number of anilines is 1. The summed E-state index contributed by atoms with van der Waals surface area (Å²) >= 11 is 7.13. The van der Waals surface area contributed by atoms with Crippen LogP contribution in [-0.4, -0.2) is 35.4 Å². The van der Waals surface area contributed by atoms with Crippen molar-refractivity contribution in [1.82, 2.24) is 23.9 Å². The molecule has 0 fully saturated rings. The summed E-state index contributed by atoms with van der Waals surface area (Å²) in [5.41, 5.74) is 5.53. The zero-order valence-electron chi connectivity index (χ0n) is 18.3. The molecule has 11 heteroatoms. The Morgan fingerprint density at radius 3 is 2.41 bits per heavy atom. The van der Waals surface area contributed by atoms with Gasteiger partial charge in [0.15, 0.2) is 16.8 Å². The van der Waals surface area contributed by atoms with Crippen LogP contribution >= 0.6 is 23.4 Å². The van der Waals surface area contributed by atoms with Gasteiger partial charge in [0, 0.05) is 30.7 Å². The lowest BCUT2D eigenvalue weighted by atomic mass is 10.2. The first-order valence-corrected chi connectivity index (χ1v) is 11.5. The average molecular weight is 477 g/mol. The molecule has 0 unspecified atom stereocenters. The van der Waals surface area contributed by atoms with Gasteiger partial charge in [-0.15, -0.1) is 10.2 Å². The number of hydrogen-bond donors (Lipinski definition) is 1. The normalized spacial score (nSPS) is 11.3. The summed E-state index contributed by atoms with van der Waals surface area (Å²) < 4.78 is 4.07. The molecule has 2 aromatic heterocycles. The Labute approximate surface area is 194 Å². The number of Topliss-reactive ketones (excluding diaryl/α,β-unsaturated/α-hetero) is 1. The van der Waals surface area contributed by atoms with E-state index in [0.717, 1.165) is 21.9 Å². The fourth-order valence-electron chi connectivity index (χ4n) is 3.28. The van der Waals surface area contributed by atoms with E-state index in [-0.39, 0.29) is 23.1 Å². The number of halogens is 1. The Hall–Kier alpha value is -2.85. The van der Waals surface area contributed by atoms with Crippen molar-refractivity contribution in [2.45, 2.75) is 39.0 Å². The van der Waals surface area contributed by atoms with E-state index in [1.807, 2.05) is 37.5 Å². The molecule has 0 spiro atoms. The van der Waals surface area contributed by atoms with E-state index in [1.165, 1.54) is 11.6 Å². The molecular weight excluding hydrogens is 452 g/mol. The maximum Gasteiger partial charge on any atom is 0.332 e. The second kappa shape index (κ2) is 9.74. The first kappa shape index (κ1) is 23.8. The average Bonchev–Trinajstić information content (AvgIpc) is 3.17. The Morgan fingerprint density at radius 2 is 1.81 bits per heavy atom. The van der Waals surface area contributed by atoms with E-state index in [1.54, 1.807) is 12.1 Å². The summed E-state index contributed by atoms with van der Waals surface area (Å²) in [5, 5.41) is 9.61. The molecular formula is C21H25ClN6O3S. The first-order valence-electron chi connectivity index (χ1n) is 10.1. The van der Waals surface area contributed by atoms with Crippen molar-refractivity contribution in [3.63, 3.8) is 0 Å². The SMILES string of the molecule is CCn1c(SCC(=O)c2c(N)n(CC(C)C)c(=O)n(C)c2=O)nnc1-c1ccc(Cl)cc1. The lowest BCUT2D eigenvalue weighted by Crippen LogP contribution is -2.43. The van der Waals surface area contributed by atoms with Gasteiger partial charge in [-0.1, -0.05) is 37.2 Å². The number of nitrogen functional groups attached to an aromatic ring is 1. The van der Waals surface area contributed by atoms with Crippen LogP contribution in [0.25, 0.3) is 11.4 Å². The molecule has 0 saturated heterocycles. The number of nitrogens with zero attached hydrogens (tertiary/aromatic N) is 5. The summed E-state index contributed by atoms with van der Waals surface area (Å²) in [6.45, 7) is 6.68. The predicted molar refractivity (Wildman–Crippen MR) is 126 cm³/mol. The van der Waals surface area contributed by atoms with Gasteiger partial charge < -0.3 is 10.3 Å². The molecule has 0 atom stereocenters. The summed E-state index contributed by atoms with van der Waals surface area (Å²) in [5.74, 6) is 0.123. The quantitative estimate of drug-likeness (QED) is 0.392. The van der Waals surface area contributed by atoms with Crippen molar-refractivity contribution in [2.75, 3.05) is 11.5 Å². The smallest absolute Gasteiger partial charge is 0.332 e. The number of benzene rings is 1. The van der Waals surface area contributed by atoms with Gasteiger partial charge in [-0.05, 0) is 37.1 Å². The van der Waals surface area contributed by atoms with Gasteiger partial charge in [0.1, 0.15) is 11.4 Å². The molecule has 0 bridgehead atoms. The minimum atomic E-state index is -0.697.